The van der Waals surface area contributed by atoms with Gasteiger partial charge < -0.3 is 16.0 Å². The first-order chi connectivity index (χ1) is 14.2. The van der Waals surface area contributed by atoms with Gasteiger partial charge in [0.25, 0.3) is 5.91 Å². The molecule has 0 radical (unpaired) electrons. The molecule has 3 aromatic rings. The number of nitrogens with zero attached hydrogens (tertiary/aromatic N) is 3. The highest BCUT2D eigenvalue weighted by Crippen LogP contribution is 2.44. The van der Waals surface area contributed by atoms with Crippen LogP contribution in [0.5, 0.6) is 0 Å². The van der Waals surface area contributed by atoms with E-state index >= 15 is 0 Å². The summed E-state index contributed by atoms with van der Waals surface area (Å²) in [7, 11) is 0. The standard InChI is InChI=1S/C23H25N5O/c1-2-4-18(14-9-11-25-13-14)28-19-8-7-16(22-26-12-10-20(24)27-22)15-5-3-6-17(21(15)19)23(28)29/h3,5-8,10,12,14,18,25H,2,4,9,11,13H2,1H3,(H2,24,26,27). The fourth-order valence-corrected chi connectivity index (χ4v) is 4.91. The molecule has 2 atom stereocenters. The predicted molar refractivity (Wildman–Crippen MR) is 116 cm³/mol. The molecule has 0 bridgehead atoms. The number of amides is 1. The first-order valence-electron chi connectivity index (χ1n) is 10.4. The maximum Gasteiger partial charge on any atom is 0.259 e. The summed E-state index contributed by atoms with van der Waals surface area (Å²) in [5, 5.41) is 5.47. The summed E-state index contributed by atoms with van der Waals surface area (Å²) < 4.78 is 0. The van der Waals surface area contributed by atoms with Crippen LogP contribution < -0.4 is 16.0 Å². The maximum absolute atomic E-state index is 13.5. The normalized spacial score (nSPS) is 19.3. The van der Waals surface area contributed by atoms with Crippen molar-refractivity contribution in [1.29, 1.82) is 0 Å². The van der Waals surface area contributed by atoms with Gasteiger partial charge in [0.2, 0.25) is 0 Å². The molecule has 1 saturated heterocycles. The van der Waals surface area contributed by atoms with E-state index in [1.54, 1.807) is 12.3 Å². The molecule has 5 rings (SSSR count). The van der Waals surface area contributed by atoms with E-state index in [-0.39, 0.29) is 11.9 Å². The Morgan fingerprint density at radius 1 is 1.24 bits per heavy atom. The van der Waals surface area contributed by atoms with E-state index in [0.717, 1.165) is 59.9 Å². The van der Waals surface area contributed by atoms with E-state index in [1.165, 1.54) is 0 Å². The summed E-state index contributed by atoms with van der Waals surface area (Å²) in [5.41, 5.74) is 8.57. The Balaban J connectivity index is 1.67. The van der Waals surface area contributed by atoms with Crippen LogP contribution in [0.25, 0.3) is 22.2 Å². The second-order valence-electron chi connectivity index (χ2n) is 7.95. The van der Waals surface area contributed by atoms with Crippen LogP contribution in [0.2, 0.25) is 0 Å². The minimum absolute atomic E-state index is 0.113. The second kappa shape index (κ2) is 7.12. The number of carbonyl (C=O) groups excluding carboxylic acids is 1. The highest BCUT2D eigenvalue weighted by atomic mass is 16.2. The number of aromatic nitrogens is 2. The molecule has 29 heavy (non-hydrogen) atoms. The molecular weight excluding hydrogens is 362 g/mol. The molecule has 6 heteroatoms. The molecule has 0 aliphatic carbocycles. The van der Waals surface area contributed by atoms with E-state index in [2.05, 4.69) is 33.2 Å². The molecule has 2 aliphatic heterocycles. The van der Waals surface area contributed by atoms with Gasteiger partial charge in [-0.25, -0.2) is 9.97 Å². The molecule has 0 spiro atoms. The Hall–Kier alpha value is -2.99. The van der Waals surface area contributed by atoms with Gasteiger partial charge in [-0.2, -0.15) is 0 Å². The summed E-state index contributed by atoms with van der Waals surface area (Å²) in [5.74, 6) is 1.62. The summed E-state index contributed by atoms with van der Waals surface area (Å²) in [6.45, 7) is 4.20. The van der Waals surface area contributed by atoms with Gasteiger partial charge >= 0.3 is 0 Å². The first kappa shape index (κ1) is 18.1. The summed E-state index contributed by atoms with van der Waals surface area (Å²) in [6, 6.07) is 11.9. The predicted octanol–water partition coefficient (Wildman–Crippen LogP) is 3.62. The number of hydrogen-bond acceptors (Lipinski definition) is 5. The van der Waals surface area contributed by atoms with Gasteiger partial charge in [-0.1, -0.05) is 25.5 Å². The van der Waals surface area contributed by atoms with E-state index in [0.29, 0.717) is 17.6 Å². The Kier molecular flexibility index (Phi) is 4.43. The largest absolute Gasteiger partial charge is 0.384 e. The molecule has 3 N–H and O–H groups in total. The van der Waals surface area contributed by atoms with Crippen LogP contribution in [0.1, 0.15) is 36.5 Å². The third kappa shape index (κ3) is 2.86. The summed E-state index contributed by atoms with van der Waals surface area (Å²) >= 11 is 0. The van der Waals surface area contributed by atoms with Crippen molar-refractivity contribution in [1.82, 2.24) is 15.3 Å². The van der Waals surface area contributed by atoms with Crippen molar-refractivity contribution in [3.8, 4) is 11.4 Å². The Bertz CT molecular complexity index is 1090. The maximum atomic E-state index is 13.5. The molecule has 6 nitrogen and oxygen atoms in total. The second-order valence-corrected chi connectivity index (χ2v) is 7.95. The van der Waals surface area contributed by atoms with Gasteiger partial charge in [0.05, 0.1) is 5.69 Å². The molecule has 148 valence electrons. The van der Waals surface area contributed by atoms with Crippen molar-refractivity contribution in [2.45, 2.75) is 32.2 Å². The molecule has 3 heterocycles. The minimum atomic E-state index is 0.113. The lowest BCUT2D eigenvalue weighted by atomic mass is 9.93. The Labute approximate surface area is 170 Å². The van der Waals surface area contributed by atoms with Crippen LogP contribution in [0, 0.1) is 5.92 Å². The van der Waals surface area contributed by atoms with Crippen LogP contribution in [0.15, 0.2) is 42.6 Å². The van der Waals surface area contributed by atoms with Crippen molar-refractivity contribution in [2.24, 2.45) is 5.92 Å². The van der Waals surface area contributed by atoms with Gasteiger partial charge in [-0.15, -0.1) is 0 Å². The third-order valence-electron chi connectivity index (χ3n) is 6.20. The number of nitrogen functional groups attached to an aromatic ring is 1. The van der Waals surface area contributed by atoms with Gasteiger partial charge in [0, 0.05) is 28.8 Å². The zero-order valence-corrected chi connectivity index (χ0v) is 16.6. The fourth-order valence-electron chi connectivity index (χ4n) is 4.91. The number of carbonyl (C=O) groups is 1. The summed E-state index contributed by atoms with van der Waals surface area (Å²) in [4.78, 5) is 24.4. The van der Waals surface area contributed by atoms with Crippen LogP contribution in [0.3, 0.4) is 0 Å². The molecule has 1 amide bonds. The van der Waals surface area contributed by atoms with Gasteiger partial charge in [0.15, 0.2) is 5.82 Å². The van der Waals surface area contributed by atoms with Gasteiger partial charge in [-0.3, -0.25) is 4.79 Å². The van der Waals surface area contributed by atoms with Crippen molar-refractivity contribution in [3.63, 3.8) is 0 Å². The van der Waals surface area contributed by atoms with Crippen LogP contribution >= 0.6 is 0 Å². The number of anilines is 2. The highest BCUT2D eigenvalue weighted by molar-refractivity contribution is 6.26. The van der Waals surface area contributed by atoms with Crippen LogP contribution in [-0.4, -0.2) is 35.0 Å². The molecular formula is C23H25N5O. The Morgan fingerprint density at radius 2 is 2.14 bits per heavy atom. The highest BCUT2D eigenvalue weighted by Gasteiger charge is 2.39. The van der Waals surface area contributed by atoms with Crippen LogP contribution in [0.4, 0.5) is 11.5 Å². The zero-order chi connectivity index (χ0) is 20.0. The fraction of sp³-hybridized carbons (Fsp3) is 0.348. The first-order valence-corrected chi connectivity index (χ1v) is 10.4. The number of benzene rings is 2. The Morgan fingerprint density at radius 3 is 2.90 bits per heavy atom. The topological polar surface area (TPSA) is 84.1 Å². The molecule has 2 unspecified atom stereocenters. The minimum Gasteiger partial charge on any atom is -0.384 e. The summed E-state index contributed by atoms with van der Waals surface area (Å²) in [6.07, 6.45) is 4.85. The molecule has 1 aromatic heterocycles. The van der Waals surface area contributed by atoms with Gasteiger partial charge in [-0.05, 0) is 61.5 Å². The average Bonchev–Trinajstić information content (AvgIpc) is 3.36. The molecule has 1 fully saturated rings. The van der Waals surface area contributed by atoms with Crippen molar-refractivity contribution >= 4 is 28.2 Å². The molecule has 2 aromatic carbocycles. The zero-order valence-electron chi connectivity index (χ0n) is 16.6. The van der Waals surface area contributed by atoms with E-state index < -0.39 is 0 Å². The molecule has 0 saturated carbocycles. The van der Waals surface area contributed by atoms with E-state index in [4.69, 9.17) is 5.73 Å². The third-order valence-corrected chi connectivity index (χ3v) is 6.20. The lowest BCUT2D eigenvalue weighted by molar-refractivity contribution is 0.0973. The van der Waals surface area contributed by atoms with E-state index in [1.807, 2.05) is 24.3 Å². The number of nitrogens with one attached hydrogen (secondary N) is 1. The smallest absolute Gasteiger partial charge is 0.259 e. The number of hydrogen-bond donors (Lipinski definition) is 2. The van der Waals surface area contributed by atoms with Crippen molar-refractivity contribution in [3.05, 3.63) is 48.2 Å². The SMILES string of the molecule is CCCC(C1CCNC1)N1C(=O)c2cccc3c(-c4nccc(N)n4)ccc1c23. The molecule has 2 aliphatic rings. The quantitative estimate of drug-likeness (QED) is 0.699. The lowest BCUT2D eigenvalue weighted by Gasteiger charge is -2.33. The van der Waals surface area contributed by atoms with Crippen molar-refractivity contribution in [2.75, 3.05) is 23.7 Å². The van der Waals surface area contributed by atoms with E-state index in [9.17, 15) is 4.79 Å². The number of nitrogens with two attached hydrogens (primary N) is 1. The average molecular weight is 387 g/mol. The monoisotopic (exact) mass is 387 g/mol. The van der Waals surface area contributed by atoms with Gasteiger partial charge in [0.1, 0.15) is 5.82 Å². The lowest BCUT2D eigenvalue weighted by Crippen LogP contribution is -2.43. The van der Waals surface area contributed by atoms with Crippen LogP contribution in [-0.2, 0) is 0 Å². The van der Waals surface area contributed by atoms with Crippen molar-refractivity contribution < 1.29 is 4.79 Å². The number of rotatable bonds is 5.